The molecule has 0 N–H and O–H groups in total. The summed E-state index contributed by atoms with van der Waals surface area (Å²) in [6, 6.07) is 4.74. The van der Waals surface area contributed by atoms with E-state index >= 15 is 0 Å². The van der Waals surface area contributed by atoms with E-state index in [2.05, 4.69) is 9.97 Å². The average molecular weight is 265 g/mol. The van der Waals surface area contributed by atoms with Gasteiger partial charge in [0.05, 0.1) is 0 Å². The zero-order chi connectivity index (χ0) is 13.3. The third kappa shape index (κ3) is 2.51. The van der Waals surface area contributed by atoms with E-state index in [1.165, 1.54) is 12.1 Å². The van der Waals surface area contributed by atoms with Crippen molar-refractivity contribution in [3.8, 4) is 11.4 Å². The molecule has 2 aromatic rings. The van der Waals surface area contributed by atoms with Crippen LogP contribution in [0.3, 0.4) is 0 Å². The Morgan fingerprint density at radius 1 is 1.17 bits per heavy atom. The number of hydrogen-bond donors (Lipinski definition) is 0. The van der Waals surface area contributed by atoms with Gasteiger partial charge in [0.1, 0.15) is 11.0 Å². The van der Waals surface area contributed by atoms with E-state index < -0.39 is 0 Å². The van der Waals surface area contributed by atoms with Gasteiger partial charge in [-0.25, -0.2) is 14.4 Å². The number of halogens is 2. The quantitative estimate of drug-likeness (QED) is 0.763. The first-order chi connectivity index (χ1) is 8.51. The lowest BCUT2D eigenvalue weighted by atomic mass is 10.1. The predicted molar refractivity (Wildman–Crippen MR) is 71.3 cm³/mol. The SMILES string of the molecule is CCc1c(C)nc(-c2cc(C)cc(F)c2)nc1Cl. The summed E-state index contributed by atoms with van der Waals surface area (Å²) < 4.78 is 13.4. The standard InChI is InChI=1S/C14H14ClFN2/c1-4-12-9(3)17-14(18-13(12)15)10-5-8(2)6-11(16)7-10/h5-7H,4H2,1-3H3. The van der Waals surface area contributed by atoms with Crippen LogP contribution in [0.15, 0.2) is 18.2 Å². The van der Waals surface area contributed by atoms with Crippen molar-refractivity contribution < 1.29 is 4.39 Å². The highest BCUT2D eigenvalue weighted by molar-refractivity contribution is 6.30. The summed E-state index contributed by atoms with van der Waals surface area (Å²) in [5.41, 5.74) is 3.27. The topological polar surface area (TPSA) is 25.8 Å². The molecule has 0 atom stereocenters. The molecule has 1 aromatic heterocycles. The second-order valence-corrected chi connectivity index (χ2v) is 4.63. The first-order valence-electron chi connectivity index (χ1n) is 5.82. The Labute approximate surface area is 111 Å². The Kier molecular flexibility index (Phi) is 3.62. The monoisotopic (exact) mass is 264 g/mol. The first kappa shape index (κ1) is 13.0. The molecule has 0 unspecified atom stereocenters. The Morgan fingerprint density at radius 3 is 2.44 bits per heavy atom. The second-order valence-electron chi connectivity index (χ2n) is 4.27. The van der Waals surface area contributed by atoms with Gasteiger partial charge in [-0.05, 0) is 44.0 Å². The van der Waals surface area contributed by atoms with Crippen molar-refractivity contribution in [3.63, 3.8) is 0 Å². The fraction of sp³-hybridized carbons (Fsp3) is 0.286. The van der Waals surface area contributed by atoms with Crippen LogP contribution in [-0.4, -0.2) is 9.97 Å². The predicted octanol–water partition coefficient (Wildman–Crippen LogP) is 4.12. The van der Waals surface area contributed by atoms with E-state index in [0.29, 0.717) is 16.5 Å². The lowest BCUT2D eigenvalue weighted by Gasteiger charge is -2.08. The van der Waals surface area contributed by atoms with Crippen molar-refractivity contribution in [2.75, 3.05) is 0 Å². The van der Waals surface area contributed by atoms with Gasteiger partial charge in [-0.1, -0.05) is 18.5 Å². The maximum absolute atomic E-state index is 13.4. The molecule has 1 heterocycles. The first-order valence-corrected chi connectivity index (χ1v) is 6.19. The van der Waals surface area contributed by atoms with Gasteiger partial charge in [-0.2, -0.15) is 0 Å². The Morgan fingerprint density at radius 2 is 1.89 bits per heavy atom. The minimum absolute atomic E-state index is 0.290. The summed E-state index contributed by atoms with van der Waals surface area (Å²) in [4.78, 5) is 8.64. The number of aromatic nitrogens is 2. The summed E-state index contributed by atoms with van der Waals surface area (Å²) in [6.45, 7) is 5.73. The summed E-state index contributed by atoms with van der Waals surface area (Å²) in [7, 11) is 0. The minimum Gasteiger partial charge on any atom is -0.233 e. The van der Waals surface area contributed by atoms with Crippen LogP contribution in [0.5, 0.6) is 0 Å². The smallest absolute Gasteiger partial charge is 0.161 e. The molecule has 0 saturated heterocycles. The molecule has 2 rings (SSSR count). The molecule has 4 heteroatoms. The fourth-order valence-corrected chi connectivity index (χ4v) is 2.31. The molecule has 0 radical (unpaired) electrons. The average Bonchev–Trinajstić information content (AvgIpc) is 2.27. The van der Waals surface area contributed by atoms with Gasteiger partial charge in [0, 0.05) is 16.8 Å². The molecule has 18 heavy (non-hydrogen) atoms. The van der Waals surface area contributed by atoms with Gasteiger partial charge in [0.2, 0.25) is 0 Å². The number of rotatable bonds is 2. The molecule has 2 nitrogen and oxygen atoms in total. The van der Waals surface area contributed by atoms with Crippen LogP contribution in [0.25, 0.3) is 11.4 Å². The molecule has 0 fully saturated rings. The Balaban J connectivity index is 2.58. The highest BCUT2D eigenvalue weighted by atomic mass is 35.5. The molecule has 0 bridgehead atoms. The molecular formula is C14H14ClFN2. The van der Waals surface area contributed by atoms with Crippen LogP contribution in [0.1, 0.15) is 23.7 Å². The summed E-state index contributed by atoms with van der Waals surface area (Å²) >= 11 is 6.12. The lowest BCUT2D eigenvalue weighted by molar-refractivity contribution is 0.627. The largest absolute Gasteiger partial charge is 0.233 e. The summed E-state index contributed by atoms with van der Waals surface area (Å²) in [5, 5.41) is 0.446. The highest BCUT2D eigenvalue weighted by Crippen LogP contribution is 2.24. The van der Waals surface area contributed by atoms with Crippen LogP contribution in [-0.2, 0) is 6.42 Å². The zero-order valence-corrected chi connectivity index (χ0v) is 11.3. The van der Waals surface area contributed by atoms with Crippen LogP contribution >= 0.6 is 11.6 Å². The maximum atomic E-state index is 13.4. The van der Waals surface area contributed by atoms with Gasteiger partial charge in [0.25, 0.3) is 0 Å². The van der Waals surface area contributed by atoms with Gasteiger partial charge < -0.3 is 0 Å². The van der Waals surface area contributed by atoms with Crippen LogP contribution in [0, 0.1) is 19.7 Å². The van der Waals surface area contributed by atoms with Crippen molar-refractivity contribution in [3.05, 3.63) is 46.0 Å². The Hall–Kier alpha value is -1.48. The maximum Gasteiger partial charge on any atom is 0.161 e. The summed E-state index contributed by atoms with van der Waals surface area (Å²) in [6.07, 6.45) is 0.785. The molecule has 0 amide bonds. The normalized spacial score (nSPS) is 10.7. The third-order valence-electron chi connectivity index (χ3n) is 2.82. The molecule has 94 valence electrons. The number of aryl methyl sites for hydroxylation is 2. The van der Waals surface area contributed by atoms with Gasteiger partial charge in [-0.3, -0.25) is 0 Å². The van der Waals surface area contributed by atoms with E-state index in [4.69, 9.17) is 11.6 Å². The van der Waals surface area contributed by atoms with Crippen LogP contribution in [0.4, 0.5) is 4.39 Å². The van der Waals surface area contributed by atoms with E-state index in [1.54, 1.807) is 0 Å². The molecule has 0 spiro atoms. The van der Waals surface area contributed by atoms with Crippen molar-refractivity contribution in [2.24, 2.45) is 0 Å². The van der Waals surface area contributed by atoms with E-state index in [1.807, 2.05) is 26.8 Å². The lowest BCUT2D eigenvalue weighted by Crippen LogP contribution is -1.99. The Bertz CT molecular complexity index is 553. The van der Waals surface area contributed by atoms with Gasteiger partial charge in [0.15, 0.2) is 5.82 Å². The molecule has 1 aromatic carbocycles. The minimum atomic E-state index is -0.290. The molecule has 0 saturated carbocycles. The van der Waals surface area contributed by atoms with E-state index in [9.17, 15) is 4.39 Å². The van der Waals surface area contributed by atoms with Crippen LogP contribution in [0.2, 0.25) is 5.15 Å². The fourth-order valence-electron chi connectivity index (χ4n) is 1.96. The van der Waals surface area contributed by atoms with E-state index in [-0.39, 0.29) is 5.82 Å². The van der Waals surface area contributed by atoms with Crippen LogP contribution < -0.4 is 0 Å². The van der Waals surface area contributed by atoms with Gasteiger partial charge in [-0.15, -0.1) is 0 Å². The summed E-state index contributed by atoms with van der Waals surface area (Å²) in [5.74, 6) is 0.180. The van der Waals surface area contributed by atoms with Crippen molar-refractivity contribution in [1.29, 1.82) is 0 Å². The van der Waals surface area contributed by atoms with Crippen molar-refractivity contribution in [1.82, 2.24) is 9.97 Å². The molecule has 0 aliphatic heterocycles. The number of nitrogens with zero attached hydrogens (tertiary/aromatic N) is 2. The third-order valence-corrected chi connectivity index (χ3v) is 3.13. The number of benzene rings is 1. The van der Waals surface area contributed by atoms with Crippen molar-refractivity contribution >= 4 is 11.6 Å². The van der Waals surface area contributed by atoms with Crippen molar-refractivity contribution in [2.45, 2.75) is 27.2 Å². The highest BCUT2D eigenvalue weighted by Gasteiger charge is 2.10. The van der Waals surface area contributed by atoms with Gasteiger partial charge >= 0.3 is 0 Å². The molecule has 0 aliphatic carbocycles. The molecule has 0 aliphatic rings. The second kappa shape index (κ2) is 5.02. The zero-order valence-electron chi connectivity index (χ0n) is 10.6. The number of hydrogen-bond acceptors (Lipinski definition) is 2. The molecular weight excluding hydrogens is 251 g/mol. The van der Waals surface area contributed by atoms with E-state index in [0.717, 1.165) is 23.2 Å².